The number of pyridine rings is 1. The molecule has 20 heavy (non-hydrogen) atoms. The second-order valence-electron chi connectivity index (χ2n) is 4.13. The minimum absolute atomic E-state index is 0.260. The van der Waals surface area contributed by atoms with Gasteiger partial charge in [0.15, 0.2) is 14.9 Å². The predicted octanol–water partition coefficient (Wildman–Crippen LogP) is 1.99. The van der Waals surface area contributed by atoms with Crippen LogP contribution in [0.4, 0.5) is 4.39 Å². The van der Waals surface area contributed by atoms with Crippen LogP contribution in [0.3, 0.4) is 0 Å². The molecular formula is C13H10FNO4S. The summed E-state index contributed by atoms with van der Waals surface area (Å²) < 4.78 is 36.1. The first-order chi connectivity index (χ1) is 9.29. The SMILES string of the molecule is CS(=O)(=O)c1nc(-c2ccc(F)cc2)ccc1C(=O)O. The van der Waals surface area contributed by atoms with E-state index in [0.717, 1.165) is 6.26 Å². The first kappa shape index (κ1) is 14.1. The Morgan fingerprint density at radius 3 is 2.25 bits per heavy atom. The Morgan fingerprint density at radius 1 is 1.15 bits per heavy atom. The highest BCUT2D eigenvalue weighted by molar-refractivity contribution is 7.90. The number of rotatable bonds is 3. The van der Waals surface area contributed by atoms with E-state index in [2.05, 4.69) is 4.98 Å². The molecule has 0 saturated carbocycles. The summed E-state index contributed by atoms with van der Waals surface area (Å²) >= 11 is 0. The zero-order valence-corrected chi connectivity index (χ0v) is 11.2. The number of sulfone groups is 1. The molecule has 0 aliphatic rings. The van der Waals surface area contributed by atoms with Gasteiger partial charge in [0.25, 0.3) is 0 Å². The second-order valence-corrected chi connectivity index (χ2v) is 6.06. The zero-order valence-electron chi connectivity index (χ0n) is 10.4. The van der Waals surface area contributed by atoms with Crippen molar-refractivity contribution in [2.45, 2.75) is 5.03 Å². The fourth-order valence-electron chi connectivity index (χ4n) is 1.67. The highest BCUT2D eigenvalue weighted by atomic mass is 32.2. The number of carboxylic acid groups (broad SMARTS) is 1. The molecule has 5 nitrogen and oxygen atoms in total. The summed E-state index contributed by atoms with van der Waals surface area (Å²) in [7, 11) is -3.78. The molecule has 0 amide bonds. The van der Waals surface area contributed by atoms with Gasteiger partial charge in [-0.05, 0) is 36.4 Å². The maximum atomic E-state index is 12.8. The monoisotopic (exact) mass is 295 g/mol. The number of halogens is 1. The summed E-state index contributed by atoms with van der Waals surface area (Å²) in [5.74, 6) is -1.80. The van der Waals surface area contributed by atoms with Gasteiger partial charge in [0.1, 0.15) is 5.82 Å². The molecule has 0 unspecified atom stereocenters. The number of aromatic carboxylic acids is 1. The lowest BCUT2D eigenvalue weighted by atomic mass is 10.1. The van der Waals surface area contributed by atoms with Crippen LogP contribution < -0.4 is 0 Å². The average Bonchev–Trinajstić information content (AvgIpc) is 2.38. The lowest BCUT2D eigenvalue weighted by molar-refractivity contribution is 0.0691. The van der Waals surface area contributed by atoms with Crippen molar-refractivity contribution in [1.29, 1.82) is 0 Å². The fourth-order valence-corrected chi connectivity index (χ4v) is 2.49. The van der Waals surface area contributed by atoms with Crippen LogP contribution >= 0.6 is 0 Å². The highest BCUT2D eigenvalue weighted by Gasteiger charge is 2.21. The summed E-state index contributed by atoms with van der Waals surface area (Å²) in [6.07, 6.45) is 0.885. The third kappa shape index (κ3) is 2.83. The third-order valence-electron chi connectivity index (χ3n) is 2.58. The van der Waals surface area contributed by atoms with E-state index in [1.165, 1.54) is 36.4 Å². The summed E-state index contributed by atoms with van der Waals surface area (Å²) in [6, 6.07) is 7.84. The molecule has 0 spiro atoms. The Bertz CT molecular complexity index is 769. The van der Waals surface area contributed by atoms with E-state index in [1.54, 1.807) is 0 Å². The number of nitrogens with zero attached hydrogens (tertiary/aromatic N) is 1. The Kier molecular flexibility index (Phi) is 3.54. The molecular weight excluding hydrogens is 285 g/mol. The molecule has 0 radical (unpaired) electrons. The lowest BCUT2D eigenvalue weighted by Crippen LogP contribution is -2.10. The third-order valence-corrected chi connectivity index (χ3v) is 3.60. The Labute approximate surface area is 114 Å². The van der Waals surface area contributed by atoms with Crippen molar-refractivity contribution < 1.29 is 22.7 Å². The van der Waals surface area contributed by atoms with Crippen molar-refractivity contribution in [3.63, 3.8) is 0 Å². The number of carbonyl (C=O) groups is 1. The molecule has 1 aromatic heterocycles. The van der Waals surface area contributed by atoms with Crippen LogP contribution in [0.1, 0.15) is 10.4 Å². The average molecular weight is 295 g/mol. The van der Waals surface area contributed by atoms with Crippen LogP contribution in [-0.4, -0.2) is 30.7 Å². The first-order valence-corrected chi connectivity index (χ1v) is 7.38. The van der Waals surface area contributed by atoms with Gasteiger partial charge >= 0.3 is 5.97 Å². The molecule has 2 rings (SSSR count). The van der Waals surface area contributed by atoms with Gasteiger partial charge in [-0.1, -0.05) is 0 Å². The molecule has 0 saturated heterocycles. The number of hydrogen-bond acceptors (Lipinski definition) is 4. The van der Waals surface area contributed by atoms with Gasteiger partial charge < -0.3 is 5.11 Å². The summed E-state index contributed by atoms with van der Waals surface area (Å²) in [6.45, 7) is 0. The molecule has 104 valence electrons. The van der Waals surface area contributed by atoms with Gasteiger partial charge in [0, 0.05) is 11.8 Å². The van der Waals surface area contributed by atoms with Crippen LogP contribution in [0.2, 0.25) is 0 Å². The van der Waals surface area contributed by atoms with E-state index in [9.17, 15) is 17.6 Å². The maximum Gasteiger partial charge on any atom is 0.338 e. The van der Waals surface area contributed by atoms with Gasteiger partial charge in [-0.15, -0.1) is 0 Å². The van der Waals surface area contributed by atoms with E-state index in [-0.39, 0.29) is 5.69 Å². The molecule has 0 fully saturated rings. The minimum atomic E-state index is -3.78. The van der Waals surface area contributed by atoms with Gasteiger partial charge in [-0.2, -0.15) is 0 Å². The summed E-state index contributed by atoms with van der Waals surface area (Å²) in [4.78, 5) is 14.9. The van der Waals surface area contributed by atoms with E-state index >= 15 is 0 Å². The first-order valence-electron chi connectivity index (χ1n) is 5.49. The summed E-state index contributed by atoms with van der Waals surface area (Å²) in [5.41, 5.74) is 0.363. The zero-order chi connectivity index (χ0) is 14.9. The minimum Gasteiger partial charge on any atom is -0.478 e. The summed E-state index contributed by atoms with van der Waals surface area (Å²) in [5, 5.41) is 8.47. The number of carboxylic acids is 1. The topological polar surface area (TPSA) is 84.3 Å². The highest BCUT2D eigenvalue weighted by Crippen LogP contribution is 2.22. The molecule has 1 N–H and O–H groups in total. The molecule has 1 heterocycles. The standard InChI is InChI=1S/C13H10FNO4S/c1-20(18,19)12-10(13(16)17)6-7-11(15-12)8-2-4-9(14)5-3-8/h2-7H,1H3,(H,16,17). The van der Waals surface area contributed by atoms with Gasteiger partial charge in [0.2, 0.25) is 0 Å². The van der Waals surface area contributed by atoms with Gasteiger partial charge in [-0.25, -0.2) is 22.6 Å². The van der Waals surface area contributed by atoms with E-state index < -0.39 is 32.2 Å². The Hall–Kier alpha value is -2.28. The van der Waals surface area contributed by atoms with E-state index in [0.29, 0.717) is 5.56 Å². The van der Waals surface area contributed by atoms with Crippen molar-refractivity contribution in [2.75, 3.05) is 6.26 Å². The van der Waals surface area contributed by atoms with Crippen molar-refractivity contribution in [3.8, 4) is 11.3 Å². The van der Waals surface area contributed by atoms with Crippen LogP contribution in [0.5, 0.6) is 0 Å². The van der Waals surface area contributed by atoms with Crippen molar-refractivity contribution in [2.24, 2.45) is 0 Å². The predicted molar refractivity (Wildman–Crippen MR) is 69.7 cm³/mol. The smallest absolute Gasteiger partial charge is 0.338 e. The number of hydrogen-bond donors (Lipinski definition) is 1. The van der Waals surface area contributed by atoms with Crippen LogP contribution in [0, 0.1) is 5.82 Å². The molecule has 2 aromatic rings. The van der Waals surface area contributed by atoms with Gasteiger partial charge in [-0.3, -0.25) is 0 Å². The quantitative estimate of drug-likeness (QED) is 0.936. The molecule has 0 aliphatic heterocycles. The second kappa shape index (κ2) is 5.01. The van der Waals surface area contributed by atoms with Crippen LogP contribution in [0.15, 0.2) is 41.4 Å². The largest absolute Gasteiger partial charge is 0.478 e. The maximum absolute atomic E-state index is 12.8. The van der Waals surface area contributed by atoms with Crippen molar-refractivity contribution >= 4 is 15.8 Å². The molecule has 0 atom stereocenters. The molecule has 0 bridgehead atoms. The van der Waals surface area contributed by atoms with Crippen molar-refractivity contribution in [3.05, 3.63) is 47.8 Å². The lowest BCUT2D eigenvalue weighted by Gasteiger charge is -2.06. The number of aromatic nitrogens is 1. The van der Waals surface area contributed by atoms with Gasteiger partial charge in [0.05, 0.1) is 11.3 Å². The number of benzene rings is 1. The van der Waals surface area contributed by atoms with Crippen molar-refractivity contribution in [1.82, 2.24) is 4.98 Å². The fraction of sp³-hybridized carbons (Fsp3) is 0.0769. The van der Waals surface area contributed by atoms with Crippen LogP contribution in [-0.2, 0) is 9.84 Å². The normalized spacial score (nSPS) is 11.3. The Balaban J connectivity index is 2.64. The van der Waals surface area contributed by atoms with Crippen LogP contribution in [0.25, 0.3) is 11.3 Å². The Morgan fingerprint density at radius 2 is 1.75 bits per heavy atom. The van der Waals surface area contributed by atoms with E-state index in [1.807, 2.05) is 0 Å². The molecule has 1 aromatic carbocycles. The molecule has 7 heteroatoms. The molecule has 0 aliphatic carbocycles. The van der Waals surface area contributed by atoms with E-state index in [4.69, 9.17) is 5.11 Å².